The minimum atomic E-state index is -1.09. The number of carbonyl (C=O) groups is 3. The fourth-order valence-corrected chi connectivity index (χ4v) is 4.28. The first kappa shape index (κ1) is 26.3. The van der Waals surface area contributed by atoms with Gasteiger partial charge in [0.1, 0.15) is 11.8 Å². The van der Waals surface area contributed by atoms with Crippen molar-refractivity contribution in [3.05, 3.63) is 58.6 Å². The SMILES string of the molecule is CCCOc1ccc(C(=O)N2C[C@@H](C)N(C(=O)N[C@H](C(=O)O)C(C)C)Cc3ccccc32)c(Cl)c1. The number of hydrogen-bond donors (Lipinski definition) is 2. The Morgan fingerprint density at radius 2 is 1.91 bits per heavy atom. The van der Waals surface area contributed by atoms with Gasteiger partial charge in [0.2, 0.25) is 0 Å². The molecule has 2 aromatic rings. The number of benzene rings is 2. The molecule has 3 amide bonds. The van der Waals surface area contributed by atoms with E-state index in [4.69, 9.17) is 16.3 Å². The number of carboxylic acid groups (broad SMARTS) is 1. The lowest BCUT2D eigenvalue weighted by Gasteiger charge is -2.31. The van der Waals surface area contributed by atoms with Gasteiger partial charge in [0.15, 0.2) is 0 Å². The van der Waals surface area contributed by atoms with E-state index in [0.29, 0.717) is 23.6 Å². The molecule has 0 aliphatic carbocycles. The summed E-state index contributed by atoms with van der Waals surface area (Å²) in [6.07, 6.45) is 0.856. The molecule has 0 bridgehead atoms. The molecular weight excluding hydrogens is 470 g/mol. The number of halogens is 1. The number of amides is 3. The van der Waals surface area contributed by atoms with E-state index in [1.165, 1.54) is 0 Å². The van der Waals surface area contributed by atoms with E-state index in [1.54, 1.807) is 41.8 Å². The lowest BCUT2D eigenvalue weighted by Crippen LogP contribution is -2.53. The summed E-state index contributed by atoms with van der Waals surface area (Å²) < 4.78 is 5.61. The molecule has 8 nitrogen and oxygen atoms in total. The van der Waals surface area contributed by atoms with Gasteiger partial charge >= 0.3 is 12.0 Å². The van der Waals surface area contributed by atoms with Crippen molar-refractivity contribution in [1.29, 1.82) is 0 Å². The Kier molecular flexibility index (Phi) is 8.62. The first-order chi connectivity index (χ1) is 16.6. The van der Waals surface area contributed by atoms with Gasteiger partial charge < -0.3 is 25.0 Å². The number of para-hydroxylation sites is 1. The first-order valence-electron chi connectivity index (χ1n) is 11.8. The maximum Gasteiger partial charge on any atom is 0.326 e. The largest absolute Gasteiger partial charge is 0.494 e. The number of hydrogen-bond acceptors (Lipinski definition) is 4. The number of nitrogens with one attached hydrogen (secondary N) is 1. The van der Waals surface area contributed by atoms with Crippen molar-refractivity contribution in [3.8, 4) is 5.75 Å². The molecule has 0 saturated carbocycles. The highest BCUT2D eigenvalue weighted by atomic mass is 35.5. The van der Waals surface area contributed by atoms with Crippen molar-refractivity contribution in [2.45, 2.75) is 52.7 Å². The Hall–Kier alpha value is -3.26. The number of anilines is 1. The summed E-state index contributed by atoms with van der Waals surface area (Å²) >= 11 is 6.46. The molecule has 0 saturated heterocycles. The van der Waals surface area contributed by atoms with Gasteiger partial charge in [-0.05, 0) is 49.1 Å². The predicted octanol–water partition coefficient (Wildman–Crippen LogP) is 4.80. The first-order valence-corrected chi connectivity index (χ1v) is 12.1. The molecule has 1 aliphatic rings. The van der Waals surface area contributed by atoms with E-state index in [-0.39, 0.29) is 36.0 Å². The maximum atomic E-state index is 13.6. The van der Waals surface area contributed by atoms with Gasteiger partial charge in [-0.25, -0.2) is 9.59 Å². The number of carbonyl (C=O) groups excluding carboxylic acids is 2. The van der Waals surface area contributed by atoms with E-state index in [0.717, 1.165) is 12.0 Å². The van der Waals surface area contributed by atoms with Crippen molar-refractivity contribution in [2.24, 2.45) is 5.92 Å². The molecule has 9 heteroatoms. The molecule has 0 unspecified atom stereocenters. The summed E-state index contributed by atoms with van der Waals surface area (Å²) in [6.45, 7) is 8.32. The summed E-state index contributed by atoms with van der Waals surface area (Å²) in [7, 11) is 0. The van der Waals surface area contributed by atoms with Gasteiger partial charge in [-0.3, -0.25) is 4.79 Å². The number of urea groups is 1. The Bertz CT molecular complexity index is 1090. The summed E-state index contributed by atoms with van der Waals surface area (Å²) in [4.78, 5) is 41.6. The van der Waals surface area contributed by atoms with Crippen molar-refractivity contribution in [3.63, 3.8) is 0 Å². The van der Waals surface area contributed by atoms with Crippen molar-refractivity contribution in [1.82, 2.24) is 10.2 Å². The minimum absolute atomic E-state index is 0.215. The molecule has 0 radical (unpaired) electrons. The second-order valence-corrected chi connectivity index (χ2v) is 9.43. The topological polar surface area (TPSA) is 99.2 Å². The van der Waals surface area contributed by atoms with Crippen LogP contribution in [-0.2, 0) is 11.3 Å². The number of aliphatic carboxylic acids is 1. The predicted molar refractivity (Wildman–Crippen MR) is 135 cm³/mol. The van der Waals surface area contributed by atoms with Crippen LogP contribution in [0, 0.1) is 5.92 Å². The van der Waals surface area contributed by atoms with E-state index in [1.807, 2.05) is 38.1 Å². The molecule has 0 aromatic heterocycles. The summed E-state index contributed by atoms with van der Waals surface area (Å²) in [6, 6.07) is 10.5. The normalized spacial score (nSPS) is 16.3. The van der Waals surface area contributed by atoms with Crippen LogP contribution in [0.15, 0.2) is 42.5 Å². The fraction of sp³-hybridized carbons (Fsp3) is 0.423. The molecule has 188 valence electrons. The zero-order chi connectivity index (χ0) is 25.7. The van der Waals surface area contributed by atoms with Gasteiger partial charge in [0.05, 0.1) is 17.2 Å². The summed E-state index contributed by atoms with van der Waals surface area (Å²) in [5.74, 6) is -1.06. The van der Waals surface area contributed by atoms with Crippen molar-refractivity contribution in [2.75, 3.05) is 18.1 Å². The number of fused-ring (bicyclic) bond motifs is 1. The smallest absolute Gasteiger partial charge is 0.326 e. The number of ether oxygens (including phenoxy) is 1. The van der Waals surface area contributed by atoms with E-state index in [9.17, 15) is 19.5 Å². The van der Waals surface area contributed by atoms with Gasteiger partial charge in [0, 0.05) is 24.8 Å². The van der Waals surface area contributed by atoms with Gasteiger partial charge in [-0.1, -0.05) is 50.6 Å². The molecule has 2 N–H and O–H groups in total. The lowest BCUT2D eigenvalue weighted by molar-refractivity contribution is -0.140. The van der Waals surface area contributed by atoms with Crippen LogP contribution in [0.2, 0.25) is 5.02 Å². The molecule has 0 spiro atoms. The average molecular weight is 502 g/mol. The molecule has 1 heterocycles. The van der Waals surface area contributed by atoms with E-state index < -0.39 is 18.0 Å². The van der Waals surface area contributed by atoms with Crippen molar-refractivity contribution < 1.29 is 24.2 Å². The Balaban J connectivity index is 1.90. The van der Waals surface area contributed by atoms with Crippen LogP contribution in [0.5, 0.6) is 5.75 Å². The third-order valence-electron chi connectivity index (χ3n) is 5.96. The minimum Gasteiger partial charge on any atom is -0.494 e. The second-order valence-electron chi connectivity index (χ2n) is 9.02. The average Bonchev–Trinajstić information content (AvgIpc) is 2.97. The molecule has 2 atom stereocenters. The lowest BCUT2D eigenvalue weighted by atomic mass is 10.1. The molecular formula is C26H32ClN3O5. The third kappa shape index (κ3) is 6.06. The van der Waals surface area contributed by atoms with Crippen LogP contribution < -0.4 is 15.0 Å². The summed E-state index contributed by atoms with van der Waals surface area (Å²) in [5, 5.41) is 12.4. The maximum absolute atomic E-state index is 13.6. The highest BCUT2D eigenvalue weighted by molar-refractivity contribution is 6.34. The van der Waals surface area contributed by atoms with Gasteiger partial charge in [-0.15, -0.1) is 0 Å². The fourth-order valence-electron chi connectivity index (χ4n) is 4.03. The summed E-state index contributed by atoms with van der Waals surface area (Å²) in [5.41, 5.74) is 1.79. The van der Waals surface area contributed by atoms with Crippen LogP contribution in [0.3, 0.4) is 0 Å². The quantitative estimate of drug-likeness (QED) is 0.567. The second kappa shape index (κ2) is 11.4. The van der Waals surface area contributed by atoms with Crippen LogP contribution >= 0.6 is 11.6 Å². The van der Waals surface area contributed by atoms with Gasteiger partial charge in [-0.2, -0.15) is 0 Å². The van der Waals surface area contributed by atoms with Crippen LogP contribution in [-0.4, -0.2) is 53.1 Å². The van der Waals surface area contributed by atoms with Gasteiger partial charge in [0.25, 0.3) is 5.91 Å². The Morgan fingerprint density at radius 1 is 1.20 bits per heavy atom. The zero-order valence-electron chi connectivity index (χ0n) is 20.5. The third-order valence-corrected chi connectivity index (χ3v) is 6.28. The highest BCUT2D eigenvalue weighted by Crippen LogP contribution is 2.31. The van der Waals surface area contributed by atoms with Crippen LogP contribution in [0.1, 0.15) is 50.0 Å². The van der Waals surface area contributed by atoms with Crippen LogP contribution in [0.25, 0.3) is 0 Å². The Labute approximate surface area is 210 Å². The zero-order valence-corrected chi connectivity index (χ0v) is 21.2. The number of rotatable bonds is 7. The highest BCUT2D eigenvalue weighted by Gasteiger charge is 2.34. The van der Waals surface area contributed by atoms with E-state index in [2.05, 4.69) is 5.32 Å². The van der Waals surface area contributed by atoms with Crippen molar-refractivity contribution >= 4 is 35.2 Å². The van der Waals surface area contributed by atoms with Crippen LogP contribution in [0.4, 0.5) is 10.5 Å². The number of carboxylic acids is 1. The molecule has 0 fully saturated rings. The number of nitrogens with zero attached hydrogens (tertiary/aromatic N) is 2. The molecule has 1 aliphatic heterocycles. The monoisotopic (exact) mass is 501 g/mol. The molecule has 2 aromatic carbocycles. The molecule has 3 rings (SSSR count). The van der Waals surface area contributed by atoms with E-state index >= 15 is 0 Å². The molecule has 35 heavy (non-hydrogen) atoms. The Morgan fingerprint density at radius 3 is 2.54 bits per heavy atom. The standard InChI is InChI=1S/C26H32ClN3O5/c1-5-12-35-19-10-11-20(21(27)13-19)24(31)30-14-17(4)29(15-18-8-6-7-9-22(18)30)26(34)28-23(16(2)3)25(32)33/h6-11,13,16-17,23H,5,12,14-15H2,1-4H3,(H,28,34)(H,32,33)/t17-,23+/m1/s1.